The third-order valence-corrected chi connectivity index (χ3v) is 2.90. The third kappa shape index (κ3) is 3.75. The molecule has 0 bridgehead atoms. The SMILES string of the molecule is CC(C)[C@H](N)C(=O)C(=O)[C@@H](N)Cc1ccccc1. The Kier molecular flexibility index (Phi) is 5.19. The Morgan fingerprint density at radius 2 is 1.61 bits per heavy atom. The number of ketones is 2. The van der Waals surface area contributed by atoms with Gasteiger partial charge in [0.15, 0.2) is 0 Å². The normalized spacial score (nSPS) is 14.3. The summed E-state index contributed by atoms with van der Waals surface area (Å²) >= 11 is 0. The number of hydrogen-bond acceptors (Lipinski definition) is 4. The highest BCUT2D eigenvalue weighted by atomic mass is 16.2. The molecule has 0 fully saturated rings. The molecule has 98 valence electrons. The topological polar surface area (TPSA) is 86.2 Å². The van der Waals surface area contributed by atoms with Crippen LogP contribution in [0.1, 0.15) is 19.4 Å². The lowest BCUT2D eigenvalue weighted by Crippen LogP contribution is -2.47. The fourth-order valence-corrected chi connectivity index (χ4v) is 1.61. The monoisotopic (exact) mass is 248 g/mol. The van der Waals surface area contributed by atoms with E-state index in [1.165, 1.54) is 0 Å². The number of carbonyl (C=O) groups excluding carboxylic acids is 2. The average Bonchev–Trinajstić information content (AvgIpc) is 2.37. The van der Waals surface area contributed by atoms with E-state index in [9.17, 15) is 9.59 Å². The smallest absolute Gasteiger partial charge is 0.217 e. The van der Waals surface area contributed by atoms with Crippen molar-refractivity contribution in [3.8, 4) is 0 Å². The lowest BCUT2D eigenvalue weighted by Gasteiger charge is -2.16. The van der Waals surface area contributed by atoms with Gasteiger partial charge in [0.05, 0.1) is 12.1 Å². The van der Waals surface area contributed by atoms with Gasteiger partial charge in [-0.25, -0.2) is 0 Å². The number of carbonyl (C=O) groups is 2. The maximum atomic E-state index is 11.8. The second kappa shape index (κ2) is 6.42. The zero-order chi connectivity index (χ0) is 13.7. The van der Waals surface area contributed by atoms with E-state index in [1.54, 1.807) is 13.8 Å². The molecule has 0 unspecified atom stereocenters. The molecule has 4 heteroatoms. The maximum Gasteiger partial charge on any atom is 0.217 e. The van der Waals surface area contributed by atoms with Crippen molar-refractivity contribution in [1.29, 1.82) is 0 Å². The second-order valence-corrected chi connectivity index (χ2v) is 4.79. The Hall–Kier alpha value is -1.52. The Balaban J connectivity index is 2.65. The van der Waals surface area contributed by atoms with Gasteiger partial charge in [0, 0.05) is 0 Å². The summed E-state index contributed by atoms with van der Waals surface area (Å²) in [4.78, 5) is 23.6. The van der Waals surface area contributed by atoms with E-state index < -0.39 is 23.7 Å². The Morgan fingerprint density at radius 1 is 1.06 bits per heavy atom. The zero-order valence-corrected chi connectivity index (χ0v) is 10.8. The number of nitrogens with two attached hydrogens (primary N) is 2. The Labute approximate surface area is 107 Å². The summed E-state index contributed by atoms with van der Waals surface area (Å²) in [6.07, 6.45) is 0.357. The summed E-state index contributed by atoms with van der Waals surface area (Å²) in [6.45, 7) is 3.61. The van der Waals surface area contributed by atoms with Crippen molar-refractivity contribution in [3.63, 3.8) is 0 Å². The number of benzene rings is 1. The van der Waals surface area contributed by atoms with Gasteiger partial charge in [-0.2, -0.15) is 0 Å². The number of rotatable bonds is 6. The molecule has 0 heterocycles. The predicted molar refractivity (Wildman–Crippen MR) is 70.9 cm³/mol. The van der Waals surface area contributed by atoms with Crippen LogP contribution < -0.4 is 11.5 Å². The van der Waals surface area contributed by atoms with Crippen LogP contribution in [0.3, 0.4) is 0 Å². The van der Waals surface area contributed by atoms with Crippen LogP contribution in [-0.2, 0) is 16.0 Å². The van der Waals surface area contributed by atoms with Gasteiger partial charge in [-0.05, 0) is 17.9 Å². The minimum atomic E-state index is -0.815. The summed E-state index contributed by atoms with van der Waals surface area (Å²) in [7, 11) is 0. The molecule has 0 aliphatic heterocycles. The van der Waals surface area contributed by atoms with Gasteiger partial charge >= 0.3 is 0 Å². The van der Waals surface area contributed by atoms with Crippen LogP contribution in [0.5, 0.6) is 0 Å². The molecule has 0 spiro atoms. The van der Waals surface area contributed by atoms with E-state index in [0.29, 0.717) is 6.42 Å². The third-order valence-electron chi connectivity index (χ3n) is 2.90. The summed E-state index contributed by atoms with van der Waals surface area (Å²) in [5.74, 6) is -1.22. The molecule has 0 radical (unpaired) electrons. The average molecular weight is 248 g/mol. The van der Waals surface area contributed by atoms with Crippen LogP contribution in [0.15, 0.2) is 30.3 Å². The summed E-state index contributed by atoms with van der Waals surface area (Å²) < 4.78 is 0. The minimum Gasteiger partial charge on any atom is -0.321 e. The molecule has 1 aromatic carbocycles. The van der Waals surface area contributed by atoms with Crippen molar-refractivity contribution in [2.75, 3.05) is 0 Å². The van der Waals surface area contributed by atoms with Gasteiger partial charge in [-0.3, -0.25) is 9.59 Å². The van der Waals surface area contributed by atoms with Gasteiger partial charge in [0.2, 0.25) is 11.6 Å². The van der Waals surface area contributed by atoms with Crippen LogP contribution in [0.25, 0.3) is 0 Å². The van der Waals surface area contributed by atoms with Crippen LogP contribution in [0.4, 0.5) is 0 Å². The molecule has 0 saturated carbocycles. The first-order valence-corrected chi connectivity index (χ1v) is 6.06. The lowest BCUT2D eigenvalue weighted by molar-refractivity contribution is -0.138. The van der Waals surface area contributed by atoms with Crippen molar-refractivity contribution in [2.45, 2.75) is 32.4 Å². The highest BCUT2D eigenvalue weighted by molar-refractivity contribution is 6.41. The second-order valence-electron chi connectivity index (χ2n) is 4.79. The molecular weight excluding hydrogens is 228 g/mol. The molecule has 0 aliphatic carbocycles. The van der Waals surface area contributed by atoms with E-state index in [0.717, 1.165) is 5.56 Å². The van der Waals surface area contributed by atoms with Crippen LogP contribution in [-0.4, -0.2) is 23.7 Å². The van der Waals surface area contributed by atoms with Crippen molar-refractivity contribution >= 4 is 11.6 Å². The van der Waals surface area contributed by atoms with Crippen molar-refractivity contribution in [2.24, 2.45) is 17.4 Å². The first kappa shape index (κ1) is 14.5. The summed E-state index contributed by atoms with van der Waals surface area (Å²) in [5.41, 5.74) is 12.4. The molecule has 0 aromatic heterocycles. The maximum absolute atomic E-state index is 11.8. The van der Waals surface area contributed by atoms with Crippen LogP contribution >= 0.6 is 0 Å². The van der Waals surface area contributed by atoms with Gasteiger partial charge < -0.3 is 11.5 Å². The Morgan fingerprint density at radius 3 is 2.11 bits per heavy atom. The molecule has 2 atom stereocenters. The van der Waals surface area contributed by atoms with Crippen molar-refractivity contribution in [3.05, 3.63) is 35.9 Å². The van der Waals surface area contributed by atoms with Crippen molar-refractivity contribution in [1.82, 2.24) is 0 Å². The van der Waals surface area contributed by atoms with Crippen LogP contribution in [0, 0.1) is 5.92 Å². The van der Waals surface area contributed by atoms with Gasteiger partial charge in [0.1, 0.15) is 0 Å². The Bertz CT molecular complexity index is 415. The molecular formula is C14H20N2O2. The van der Waals surface area contributed by atoms with E-state index in [-0.39, 0.29) is 5.92 Å². The number of hydrogen-bond donors (Lipinski definition) is 2. The molecule has 4 N–H and O–H groups in total. The fourth-order valence-electron chi connectivity index (χ4n) is 1.61. The first-order valence-electron chi connectivity index (χ1n) is 6.06. The van der Waals surface area contributed by atoms with Gasteiger partial charge in [0.25, 0.3) is 0 Å². The molecule has 0 aliphatic rings. The first-order chi connectivity index (χ1) is 8.43. The minimum absolute atomic E-state index is 0.0645. The molecule has 4 nitrogen and oxygen atoms in total. The predicted octanol–water partition coefficient (Wildman–Crippen LogP) is 0.678. The molecule has 0 saturated heterocycles. The summed E-state index contributed by atoms with van der Waals surface area (Å²) in [6, 6.07) is 7.79. The quantitative estimate of drug-likeness (QED) is 0.725. The standard InChI is InChI=1S/C14H20N2O2/c1-9(2)12(16)14(18)13(17)11(15)8-10-6-4-3-5-7-10/h3-7,9,11-12H,8,15-16H2,1-2H3/t11-,12-/m0/s1. The number of Topliss-reactive ketones (excluding diaryl/α,β-unsaturated/α-hetero) is 2. The molecule has 0 amide bonds. The highest BCUT2D eigenvalue weighted by Crippen LogP contribution is 2.06. The van der Waals surface area contributed by atoms with Gasteiger partial charge in [-0.15, -0.1) is 0 Å². The van der Waals surface area contributed by atoms with Gasteiger partial charge in [-0.1, -0.05) is 44.2 Å². The van der Waals surface area contributed by atoms with Crippen molar-refractivity contribution < 1.29 is 9.59 Å². The van der Waals surface area contributed by atoms with E-state index >= 15 is 0 Å². The van der Waals surface area contributed by atoms with E-state index in [2.05, 4.69) is 0 Å². The van der Waals surface area contributed by atoms with E-state index in [4.69, 9.17) is 11.5 Å². The zero-order valence-electron chi connectivity index (χ0n) is 10.8. The van der Waals surface area contributed by atoms with E-state index in [1.807, 2.05) is 30.3 Å². The lowest BCUT2D eigenvalue weighted by atomic mass is 9.93. The fraction of sp³-hybridized carbons (Fsp3) is 0.429. The molecule has 18 heavy (non-hydrogen) atoms. The highest BCUT2D eigenvalue weighted by Gasteiger charge is 2.28. The molecule has 1 aromatic rings. The summed E-state index contributed by atoms with van der Waals surface area (Å²) in [5, 5.41) is 0. The van der Waals surface area contributed by atoms with Crippen LogP contribution in [0.2, 0.25) is 0 Å². The largest absolute Gasteiger partial charge is 0.321 e. The molecule has 1 rings (SSSR count).